The van der Waals surface area contributed by atoms with Crippen LogP contribution in [0.5, 0.6) is 0 Å². The lowest BCUT2D eigenvalue weighted by atomic mass is 10.2. The summed E-state index contributed by atoms with van der Waals surface area (Å²) in [6, 6.07) is 0. The van der Waals surface area contributed by atoms with Gasteiger partial charge in [0.15, 0.2) is 0 Å². The van der Waals surface area contributed by atoms with Gasteiger partial charge in [0.2, 0.25) is 0 Å². The molecule has 0 N–H and O–H groups in total. The van der Waals surface area contributed by atoms with Crippen molar-refractivity contribution in [3.8, 4) is 0 Å². The summed E-state index contributed by atoms with van der Waals surface area (Å²) in [6.45, 7) is 9.15. The maximum Gasteiger partial charge on any atom is 0.257 e. The van der Waals surface area contributed by atoms with Crippen LogP contribution in [0.4, 0.5) is 0 Å². The fourth-order valence-corrected chi connectivity index (χ4v) is 3.01. The minimum Gasteiger partial charge on any atom is -0.337 e. The van der Waals surface area contributed by atoms with Gasteiger partial charge >= 0.3 is 0 Å². The second kappa shape index (κ2) is 8.15. The van der Waals surface area contributed by atoms with E-state index in [1.165, 1.54) is 0 Å². The molecule has 0 saturated carbocycles. The summed E-state index contributed by atoms with van der Waals surface area (Å²) < 4.78 is 2.06. The van der Waals surface area contributed by atoms with E-state index < -0.39 is 0 Å². The summed E-state index contributed by atoms with van der Waals surface area (Å²) >= 11 is 0. The number of amides is 1. The standard InChI is InChI=1S/C17H25N7O/c1-3-16-18-11-15(12-19-16)17(25)23-6-4-5-22(7-9-23)8-10-24-13-20-21-14(24)2/h11-13H,3-10H2,1-2H3. The second-order valence-electron chi connectivity index (χ2n) is 6.30. The molecule has 1 aliphatic heterocycles. The second-order valence-corrected chi connectivity index (χ2v) is 6.30. The molecular formula is C17H25N7O. The zero-order valence-corrected chi connectivity index (χ0v) is 14.9. The van der Waals surface area contributed by atoms with Crippen molar-refractivity contribution in [2.24, 2.45) is 0 Å². The summed E-state index contributed by atoms with van der Waals surface area (Å²) in [5.41, 5.74) is 0.575. The lowest BCUT2D eigenvalue weighted by molar-refractivity contribution is 0.0760. The van der Waals surface area contributed by atoms with E-state index in [4.69, 9.17) is 0 Å². The molecule has 2 aromatic heterocycles. The fraction of sp³-hybridized carbons (Fsp3) is 0.588. The Labute approximate surface area is 147 Å². The van der Waals surface area contributed by atoms with E-state index in [2.05, 4.69) is 29.6 Å². The van der Waals surface area contributed by atoms with Gasteiger partial charge in [-0.15, -0.1) is 10.2 Å². The fourth-order valence-electron chi connectivity index (χ4n) is 3.01. The van der Waals surface area contributed by atoms with Crippen LogP contribution in [0.3, 0.4) is 0 Å². The molecule has 0 radical (unpaired) electrons. The van der Waals surface area contributed by atoms with Crippen molar-refractivity contribution in [1.82, 2.24) is 34.5 Å². The minimum atomic E-state index is 0.0270. The van der Waals surface area contributed by atoms with E-state index >= 15 is 0 Å². The van der Waals surface area contributed by atoms with Crippen LogP contribution in [-0.4, -0.2) is 73.2 Å². The van der Waals surface area contributed by atoms with E-state index in [9.17, 15) is 4.79 Å². The summed E-state index contributed by atoms with van der Waals surface area (Å²) in [5, 5.41) is 7.92. The zero-order valence-electron chi connectivity index (χ0n) is 14.9. The van der Waals surface area contributed by atoms with Crippen molar-refractivity contribution >= 4 is 5.91 Å². The molecule has 0 spiro atoms. The van der Waals surface area contributed by atoms with Gasteiger partial charge in [-0.3, -0.25) is 9.69 Å². The average molecular weight is 343 g/mol. The van der Waals surface area contributed by atoms with Gasteiger partial charge in [-0.05, 0) is 19.9 Å². The summed E-state index contributed by atoms with van der Waals surface area (Å²) in [6.07, 6.45) is 6.81. The Morgan fingerprint density at radius 1 is 1.12 bits per heavy atom. The van der Waals surface area contributed by atoms with E-state index in [0.29, 0.717) is 5.56 Å². The molecule has 3 rings (SSSR count). The van der Waals surface area contributed by atoms with E-state index in [-0.39, 0.29) is 5.91 Å². The molecule has 134 valence electrons. The molecule has 0 atom stereocenters. The summed E-state index contributed by atoms with van der Waals surface area (Å²) in [4.78, 5) is 25.4. The summed E-state index contributed by atoms with van der Waals surface area (Å²) in [5.74, 6) is 1.73. The van der Waals surface area contributed by atoms with Gasteiger partial charge in [-0.2, -0.15) is 0 Å². The number of carbonyl (C=O) groups is 1. The minimum absolute atomic E-state index is 0.0270. The number of aryl methyl sites for hydroxylation is 2. The number of rotatable bonds is 5. The molecule has 8 heteroatoms. The predicted molar refractivity (Wildman–Crippen MR) is 93.1 cm³/mol. The van der Waals surface area contributed by atoms with Crippen molar-refractivity contribution in [2.45, 2.75) is 33.2 Å². The number of hydrogen-bond donors (Lipinski definition) is 0. The van der Waals surface area contributed by atoms with Crippen LogP contribution in [0.2, 0.25) is 0 Å². The van der Waals surface area contributed by atoms with Gasteiger partial charge in [0, 0.05) is 51.5 Å². The molecule has 0 unspecified atom stereocenters. The third-order valence-corrected chi connectivity index (χ3v) is 4.61. The third kappa shape index (κ3) is 4.39. The smallest absolute Gasteiger partial charge is 0.257 e. The van der Waals surface area contributed by atoms with Gasteiger partial charge in [0.05, 0.1) is 5.56 Å². The average Bonchev–Trinajstić information content (AvgIpc) is 2.91. The first-order valence-corrected chi connectivity index (χ1v) is 8.84. The topological polar surface area (TPSA) is 80.0 Å². The van der Waals surface area contributed by atoms with Crippen molar-refractivity contribution in [2.75, 3.05) is 32.7 Å². The van der Waals surface area contributed by atoms with Gasteiger partial charge in [-0.1, -0.05) is 6.92 Å². The van der Waals surface area contributed by atoms with Crippen molar-refractivity contribution < 1.29 is 4.79 Å². The molecule has 2 aromatic rings. The van der Waals surface area contributed by atoms with Gasteiger partial charge < -0.3 is 9.47 Å². The van der Waals surface area contributed by atoms with Crippen LogP contribution in [0.25, 0.3) is 0 Å². The molecule has 0 aromatic carbocycles. The highest BCUT2D eigenvalue weighted by molar-refractivity contribution is 5.93. The van der Waals surface area contributed by atoms with Crippen LogP contribution in [-0.2, 0) is 13.0 Å². The SMILES string of the molecule is CCc1ncc(C(=O)N2CCCN(CCn3cnnc3C)CC2)cn1. The van der Waals surface area contributed by atoms with E-state index in [1.54, 1.807) is 18.7 Å². The molecule has 1 saturated heterocycles. The van der Waals surface area contributed by atoms with Crippen LogP contribution in [0, 0.1) is 6.92 Å². The number of hydrogen-bond acceptors (Lipinski definition) is 6. The number of aromatic nitrogens is 5. The first-order valence-electron chi connectivity index (χ1n) is 8.84. The molecule has 8 nitrogen and oxygen atoms in total. The third-order valence-electron chi connectivity index (χ3n) is 4.61. The summed E-state index contributed by atoms with van der Waals surface area (Å²) in [7, 11) is 0. The highest BCUT2D eigenvalue weighted by Gasteiger charge is 2.20. The molecule has 3 heterocycles. The van der Waals surface area contributed by atoms with E-state index in [1.807, 2.05) is 18.7 Å². The van der Waals surface area contributed by atoms with Crippen LogP contribution in [0.1, 0.15) is 35.4 Å². The molecule has 0 bridgehead atoms. The Morgan fingerprint density at radius 3 is 2.60 bits per heavy atom. The lowest BCUT2D eigenvalue weighted by Gasteiger charge is -2.22. The van der Waals surface area contributed by atoms with Crippen LogP contribution < -0.4 is 0 Å². The Morgan fingerprint density at radius 2 is 1.92 bits per heavy atom. The van der Waals surface area contributed by atoms with Gasteiger partial charge in [0.25, 0.3) is 5.91 Å². The largest absolute Gasteiger partial charge is 0.337 e. The van der Waals surface area contributed by atoms with Gasteiger partial charge in [-0.25, -0.2) is 9.97 Å². The number of nitrogens with zero attached hydrogens (tertiary/aromatic N) is 7. The van der Waals surface area contributed by atoms with Crippen molar-refractivity contribution in [3.63, 3.8) is 0 Å². The Hall–Kier alpha value is -2.35. The molecule has 1 amide bonds. The lowest BCUT2D eigenvalue weighted by Crippen LogP contribution is -2.36. The van der Waals surface area contributed by atoms with E-state index in [0.717, 1.165) is 63.8 Å². The van der Waals surface area contributed by atoms with Crippen molar-refractivity contribution in [3.05, 3.63) is 35.9 Å². The Kier molecular flexibility index (Phi) is 5.70. The predicted octanol–water partition coefficient (Wildman–Crippen LogP) is 0.787. The Bertz CT molecular complexity index is 697. The zero-order chi connectivity index (χ0) is 17.6. The van der Waals surface area contributed by atoms with Gasteiger partial charge in [0.1, 0.15) is 18.0 Å². The first kappa shape index (κ1) is 17.5. The maximum atomic E-state index is 12.7. The molecule has 25 heavy (non-hydrogen) atoms. The molecule has 1 fully saturated rings. The first-order chi connectivity index (χ1) is 12.2. The van der Waals surface area contributed by atoms with Crippen LogP contribution in [0.15, 0.2) is 18.7 Å². The van der Waals surface area contributed by atoms with Crippen LogP contribution >= 0.6 is 0 Å². The normalized spacial score (nSPS) is 16.0. The molecule has 0 aliphatic carbocycles. The van der Waals surface area contributed by atoms with Crippen molar-refractivity contribution in [1.29, 1.82) is 0 Å². The highest BCUT2D eigenvalue weighted by atomic mass is 16.2. The molecule has 1 aliphatic rings. The molecular weight excluding hydrogens is 318 g/mol. The quantitative estimate of drug-likeness (QED) is 0.798. The number of carbonyl (C=O) groups excluding carboxylic acids is 1. The monoisotopic (exact) mass is 343 g/mol. The Balaban J connectivity index is 1.53. The maximum absolute atomic E-state index is 12.7. The highest BCUT2D eigenvalue weighted by Crippen LogP contribution is 2.09.